The van der Waals surface area contributed by atoms with Crippen molar-refractivity contribution in [2.24, 2.45) is 0 Å². The standard InChI is InChI=1S/FH2O4P.H3N.Na.H2O/c1-5-6(2,3)4;;;/h(H2,2,3,4);1H3;;1H2/q;;+1;/p-1. The summed E-state index contributed by atoms with van der Waals surface area (Å²) in [6.45, 7) is 0. The van der Waals surface area contributed by atoms with Crippen molar-refractivity contribution in [2.75, 3.05) is 0 Å². The van der Waals surface area contributed by atoms with Crippen LogP contribution in [0.25, 0.3) is 0 Å². The van der Waals surface area contributed by atoms with E-state index >= 15 is 0 Å². The zero-order valence-electron chi connectivity index (χ0n) is 4.70. The summed E-state index contributed by atoms with van der Waals surface area (Å²) in [6.07, 6.45) is 0. The van der Waals surface area contributed by atoms with Gasteiger partial charge in [0.15, 0.2) is 0 Å². The fourth-order valence-electron chi connectivity index (χ4n) is 0. The van der Waals surface area contributed by atoms with Crippen LogP contribution in [-0.2, 0) is 9.29 Å². The Hall–Kier alpha value is 0.960. The molecule has 0 amide bonds. The topological polar surface area (TPSA) is 136 Å². The van der Waals surface area contributed by atoms with Crippen LogP contribution in [0.2, 0.25) is 0 Å². The maximum atomic E-state index is 10.2. The van der Waals surface area contributed by atoms with Gasteiger partial charge in [-0.05, 0) is 4.53 Å². The van der Waals surface area contributed by atoms with Crippen molar-refractivity contribution in [1.29, 1.82) is 0 Å². The molecule has 0 aliphatic rings. The molecule has 0 rings (SSSR count). The molecule has 0 fully saturated rings. The Labute approximate surface area is 72.7 Å². The fraction of sp³-hybridized carbons (Fsp3) is 0. The predicted molar refractivity (Wildman–Crippen MR) is 20.7 cm³/mol. The van der Waals surface area contributed by atoms with Crippen LogP contribution >= 0.6 is 7.82 Å². The quantitative estimate of drug-likeness (QED) is 0.305. The molecule has 0 heterocycles. The maximum Gasteiger partial charge on any atom is 1.00 e. The van der Waals surface area contributed by atoms with Crippen LogP contribution < -0.4 is 40.6 Å². The molecule has 0 aromatic heterocycles. The Morgan fingerprint density at radius 1 is 1.67 bits per heavy atom. The molecule has 0 radical (unpaired) electrons. The van der Waals surface area contributed by atoms with Crippen molar-refractivity contribution < 1.29 is 58.6 Å². The number of phosphoric acid groups is 1. The number of hydrogen-bond acceptors (Lipinski definition) is 4. The third-order valence-corrected chi connectivity index (χ3v) is 0.262. The average Bonchev–Trinajstić information content (AvgIpc) is 1.35. The number of halogens is 1. The van der Waals surface area contributed by atoms with Crippen LogP contribution in [-0.4, -0.2) is 10.4 Å². The summed E-state index contributed by atoms with van der Waals surface area (Å²) >= 11 is 0. The van der Waals surface area contributed by atoms with E-state index in [4.69, 9.17) is 14.4 Å². The van der Waals surface area contributed by atoms with Crippen LogP contribution in [0.3, 0.4) is 0 Å². The molecule has 0 bridgehead atoms. The molecule has 54 valence electrons. The smallest absolute Gasteiger partial charge is 0.754 e. The Morgan fingerprint density at radius 2 is 1.78 bits per heavy atom. The third kappa shape index (κ3) is 27.7. The molecule has 6 N–H and O–H groups in total. The Morgan fingerprint density at radius 3 is 1.78 bits per heavy atom. The van der Waals surface area contributed by atoms with E-state index in [0.717, 1.165) is 0 Å². The first kappa shape index (κ1) is 22.5. The van der Waals surface area contributed by atoms with E-state index in [2.05, 4.69) is 0 Å². The Kier molecular flexibility index (Phi) is 22.4. The molecule has 0 saturated carbocycles. The van der Waals surface area contributed by atoms with Crippen molar-refractivity contribution in [3.8, 4) is 0 Å². The predicted octanol–water partition coefficient (Wildman–Crippen LogP) is -4.31. The summed E-state index contributed by atoms with van der Waals surface area (Å²) < 4.78 is 21.2. The molecule has 1 atom stereocenters. The molecule has 1 unspecified atom stereocenters. The first-order valence-corrected chi connectivity index (χ1v) is 2.40. The largest absolute Gasteiger partial charge is 1.00 e. The minimum atomic E-state index is -5.06. The van der Waals surface area contributed by atoms with Gasteiger partial charge in [-0.15, -0.1) is 4.73 Å². The molecule has 6 nitrogen and oxygen atoms in total. The summed E-state index contributed by atoms with van der Waals surface area (Å²) in [5.41, 5.74) is 0. The first-order valence-electron chi connectivity index (χ1n) is 0.902. The normalized spacial score (nSPS) is 13.2. The zero-order valence-corrected chi connectivity index (χ0v) is 7.60. The van der Waals surface area contributed by atoms with Crippen LogP contribution in [0, 0.1) is 0 Å². The molecule has 0 saturated heterocycles. The van der Waals surface area contributed by atoms with Crippen LogP contribution in [0.15, 0.2) is 0 Å². The summed E-state index contributed by atoms with van der Waals surface area (Å²) in [5.74, 6) is 0. The van der Waals surface area contributed by atoms with Crippen molar-refractivity contribution in [3.05, 3.63) is 0 Å². The van der Waals surface area contributed by atoms with E-state index in [1.807, 2.05) is 4.73 Å². The maximum absolute atomic E-state index is 10.2. The second-order valence-electron chi connectivity index (χ2n) is 0.538. The monoisotopic (exact) mass is 173 g/mol. The van der Waals surface area contributed by atoms with Gasteiger partial charge < -0.3 is 21.4 Å². The second kappa shape index (κ2) is 8.96. The van der Waals surface area contributed by atoms with Gasteiger partial charge in [-0.25, -0.2) is 0 Å². The SMILES string of the molecule is N.O.O=P([O-])(O)OF.[Na+]. The van der Waals surface area contributed by atoms with Gasteiger partial charge in [0.05, 0.1) is 0 Å². The number of hydrogen-bond donors (Lipinski definition) is 2. The molecule has 0 aromatic carbocycles. The van der Waals surface area contributed by atoms with Gasteiger partial charge in [-0.1, -0.05) is 0 Å². The summed E-state index contributed by atoms with van der Waals surface area (Å²) in [5, 5.41) is 0. The van der Waals surface area contributed by atoms with Crippen molar-refractivity contribution in [1.82, 2.24) is 6.15 Å². The minimum absolute atomic E-state index is 0. The Bertz CT molecular complexity index is 81.0. The van der Waals surface area contributed by atoms with Crippen LogP contribution in [0.4, 0.5) is 4.53 Å². The third-order valence-electron chi connectivity index (χ3n) is 0.0872. The van der Waals surface area contributed by atoms with E-state index in [9.17, 15) is 4.53 Å². The van der Waals surface area contributed by atoms with Crippen molar-refractivity contribution in [3.63, 3.8) is 0 Å². The van der Waals surface area contributed by atoms with Crippen LogP contribution in [0.1, 0.15) is 0 Å². The number of rotatable bonds is 1. The summed E-state index contributed by atoms with van der Waals surface area (Å²) in [6, 6.07) is 0. The van der Waals surface area contributed by atoms with E-state index in [1.165, 1.54) is 0 Å². The van der Waals surface area contributed by atoms with Gasteiger partial charge in [-0.2, -0.15) is 0 Å². The molecule has 0 aromatic rings. The second-order valence-corrected chi connectivity index (χ2v) is 1.61. The van der Waals surface area contributed by atoms with E-state index in [1.54, 1.807) is 0 Å². The fourth-order valence-corrected chi connectivity index (χ4v) is 0. The van der Waals surface area contributed by atoms with Gasteiger partial charge in [0, 0.05) is 0 Å². The van der Waals surface area contributed by atoms with Gasteiger partial charge in [0.25, 0.3) is 0 Å². The summed E-state index contributed by atoms with van der Waals surface area (Å²) in [4.78, 5) is 16.2. The van der Waals surface area contributed by atoms with Gasteiger partial charge in [-0.3, -0.25) is 4.57 Å². The molecular formula is H6FNNaO5P. The minimum Gasteiger partial charge on any atom is -0.754 e. The molecule has 9 heavy (non-hydrogen) atoms. The van der Waals surface area contributed by atoms with Crippen molar-refractivity contribution >= 4 is 7.82 Å². The van der Waals surface area contributed by atoms with Crippen molar-refractivity contribution in [2.45, 2.75) is 0 Å². The zero-order chi connectivity index (χ0) is 5.21. The summed E-state index contributed by atoms with van der Waals surface area (Å²) in [7, 11) is -5.06. The molecular weight excluding hydrogens is 167 g/mol. The molecule has 0 aliphatic heterocycles. The molecule has 0 aliphatic carbocycles. The molecule has 9 heteroatoms. The van der Waals surface area contributed by atoms with E-state index in [0.29, 0.717) is 0 Å². The first-order chi connectivity index (χ1) is 2.56. The average molecular weight is 173 g/mol. The van der Waals surface area contributed by atoms with E-state index in [-0.39, 0.29) is 41.2 Å². The Balaban J connectivity index is -0.0000000417. The molecule has 0 spiro atoms. The van der Waals surface area contributed by atoms with Gasteiger partial charge >= 0.3 is 37.4 Å². The van der Waals surface area contributed by atoms with Gasteiger partial charge in [0.1, 0.15) is 0 Å². The van der Waals surface area contributed by atoms with E-state index < -0.39 is 7.82 Å². The van der Waals surface area contributed by atoms with Gasteiger partial charge in [0.2, 0.25) is 0 Å². The van der Waals surface area contributed by atoms with Crippen LogP contribution in [0.5, 0.6) is 0 Å².